The molecule has 0 N–H and O–H groups in total. The molecule has 0 aromatic heterocycles. The predicted molar refractivity (Wildman–Crippen MR) is 187 cm³/mol. The molecule has 0 fully saturated rings. The number of fused-ring (bicyclic) bond motifs is 4. The largest absolute Gasteiger partial charge is 0.458 e. The summed E-state index contributed by atoms with van der Waals surface area (Å²) in [6, 6.07) is 22.7. The summed E-state index contributed by atoms with van der Waals surface area (Å²) in [5.41, 5.74) is 9.89. The van der Waals surface area contributed by atoms with Crippen LogP contribution in [-0.4, -0.2) is 6.71 Å². The molecule has 2 aliphatic rings. The van der Waals surface area contributed by atoms with E-state index in [9.17, 15) is 2.74 Å². The van der Waals surface area contributed by atoms with Crippen molar-refractivity contribution in [3.63, 3.8) is 0 Å². The molecule has 3 heteroatoms. The Hall–Kier alpha value is -3.46. The Bertz CT molecular complexity index is 1810. The number of benzene rings is 4. The molecule has 0 amide bonds. The smallest absolute Gasteiger partial charge is 0.256 e. The third kappa shape index (κ3) is 5.09. The highest BCUT2D eigenvalue weighted by molar-refractivity contribution is 6.99. The van der Waals surface area contributed by atoms with Crippen LogP contribution in [0.3, 0.4) is 0 Å². The van der Waals surface area contributed by atoms with E-state index in [2.05, 4.69) is 149 Å². The second-order valence-electron chi connectivity index (χ2n) is 16.7. The summed E-state index contributed by atoms with van der Waals surface area (Å²) in [6.07, 6.45) is 0. The van der Waals surface area contributed by atoms with E-state index in [1.54, 1.807) is 0 Å². The van der Waals surface area contributed by atoms with Crippen LogP contribution in [0.2, 0.25) is 0 Å². The van der Waals surface area contributed by atoms with Crippen LogP contribution < -0.4 is 26.0 Å². The van der Waals surface area contributed by atoms with Crippen LogP contribution in [0.1, 0.15) is 108 Å². The summed E-state index contributed by atoms with van der Waals surface area (Å²) in [5, 5.41) is 0. The molecule has 4 aromatic carbocycles. The molecule has 0 spiro atoms. The van der Waals surface area contributed by atoms with Gasteiger partial charge in [0.2, 0.25) is 0 Å². The van der Waals surface area contributed by atoms with Crippen molar-refractivity contribution in [3.8, 4) is 11.5 Å². The molecule has 0 atom stereocenters. The van der Waals surface area contributed by atoms with Gasteiger partial charge in [-0.15, -0.1) is 0 Å². The van der Waals surface area contributed by atoms with Crippen molar-refractivity contribution in [2.45, 2.75) is 105 Å². The van der Waals surface area contributed by atoms with Gasteiger partial charge in [-0.2, -0.15) is 0 Å². The van der Waals surface area contributed by atoms with Crippen molar-refractivity contribution in [2.24, 2.45) is 0 Å². The van der Waals surface area contributed by atoms with E-state index in [1.807, 2.05) is 0 Å². The van der Waals surface area contributed by atoms with E-state index >= 15 is 0 Å². The molecule has 2 heterocycles. The summed E-state index contributed by atoms with van der Waals surface area (Å²) < 4.78 is 26.1. The molecule has 6 rings (SSSR count). The second kappa shape index (κ2) is 9.52. The van der Waals surface area contributed by atoms with Crippen molar-refractivity contribution in [1.29, 1.82) is 0 Å². The number of rotatable bonds is 1. The molecule has 4 aromatic rings. The average molecular weight is 572 g/mol. The van der Waals surface area contributed by atoms with Gasteiger partial charge in [0.15, 0.2) is 0 Å². The summed E-state index contributed by atoms with van der Waals surface area (Å²) in [6.45, 7) is 26.5. The number of nitrogens with zero attached hydrogens (tertiary/aromatic N) is 1. The Labute approximate surface area is 263 Å². The maximum atomic E-state index is 9.72. The first-order chi connectivity index (χ1) is 20.7. The number of hydrogen-bond donors (Lipinski definition) is 0. The van der Waals surface area contributed by atoms with E-state index in [-0.39, 0.29) is 28.4 Å². The number of anilines is 3. The Balaban J connectivity index is 1.75. The van der Waals surface area contributed by atoms with Gasteiger partial charge < -0.3 is 9.64 Å². The predicted octanol–water partition coefficient (Wildman–Crippen LogP) is 9.28. The summed E-state index contributed by atoms with van der Waals surface area (Å²) in [4.78, 5) is 2.22. The molecular weight excluding hydrogens is 521 g/mol. The lowest BCUT2D eigenvalue weighted by Gasteiger charge is -2.41. The molecule has 0 aliphatic carbocycles. The van der Waals surface area contributed by atoms with Crippen LogP contribution in [0.15, 0.2) is 72.7 Å². The Morgan fingerprint density at radius 1 is 0.558 bits per heavy atom. The first kappa shape index (κ1) is 27.1. The van der Waals surface area contributed by atoms with Gasteiger partial charge in [-0.25, -0.2) is 0 Å². The van der Waals surface area contributed by atoms with Crippen molar-refractivity contribution in [1.82, 2.24) is 0 Å². The van der Waals surface area contributed by atoms with E-state index in [0.29, 0.717) is 17.8 Å². The molecule has 2 nitrogen and oxygen atoms in total. The zero-order chi connectivity index (χ0) is 33.0. The van der Waals surface area contributed by atoms with E-state index in [1.165, 1.54) is 22.1 Å². The lowest BCUT2D eigenvalue weighted by molar-refractivity contribution is 0.486. The van der Waals surface area contributed by atoms with Gasteiger partial charge in [0, 0.05) is 17.1 Å². The van der Waals surface area contributed by atoms with Gasteiger partial charge in [0.25, 0.3) is 6.71 Å². The Morgan fingerprint density at radius 2 is 1.12 bits per heavy atom. The topological polar surface area (TPSA) is 12.5 Å². The van der Waals surface area contributed by atoms with E-state index in [0.717, 1.165) is 39.5 Å². The molecule has 0 unspecified atom stereocenters. The van der Waals surface area contributed by atoms with E-state index < -0.39 is 0 Å². The Morgan fingerprint density at radius 3 is 1.70 bits per heavy atom. The van der Waals surface area contributed by atoms with Crippen LogP contribution in [0.5, 0.6) is 11.5 Å². The highest BCUT2D eigenvalue weighted by Gasteiger charge is 2.42. The minimum Gasteiger partial charge on any atom is -0.458 e. The number of ether oxygens (including phenoxy) is 1. The maximum absolute atomic E-state index is 9.72. The van der Waals surface area contributed by atoms with Gasteiger partial charge in [-0.1, -0.05) is 119 Å². The van der Waals surface area contributed by atoms with Crippen molar-refractivity contribution in [2.75, 3.05) is 4.90 Å². The van der Waals surface area contributed by atoms with Crippen LogP contribution in [0, 0.1) is 0 Å². The van der Waals surface area contributed by atoms with Gasteiger partial charge >= 0.3 is 0 Å². The van der Waals surface area contributed by atoms with Crippen molar-refractivity contribution < 1.29 is 7.48 Å². The van der Waals surface area contributed by atoms with Crippen LogP contribution in [-0.2, 0) is 21.7 Å². The molecule has 43 heavy (non-hydrogen) atoms. The Kier molecular flexibility index (Phi) is 6.00. The lowest BCUT2D eigenvalue weighted by atomic mass is 9.34. The van der Waals surface area contributed by atoms with Crippen LogP contribution >= 0.6 is 0 Å². The fraction of sp³-hybridized carbons (Fsp3) is 0.400. The maximum Gasteiger partial charge on any atom is 0.256 e. The zero-order valence-electron chi connectivity index (χ0n) is 30.2. The number of hydrogen-bond acceptors (Lipinski definition) is 2. The normalized spacial score (nSPS) is 15.3. The monoisotopic (exact) mass is 571 g/mol. The minimum absolute atomic E-state index is 0.00849. The summed E-state index contributed by atoms with van der Waals surface area (Å²) in [5.74, 6) is 1.73. The first-order valence-corrected chi connectivity index (χ1v) is 15.7. The molecular formula is C40H48BNO. The molecule has 2 aliphatic heterocycles. The van der Waals surface area contributed by atoms with Crippen molar-refractivity contribution in [3.05, 3.63) is 95.0 Å². The first-order valence-electron chi connectivity index (χ1n) is 16.7. The third-order valence-electron chi connectivity index (χ3n) is 9.06. The van der Waals surface area contributed by atoms with Crippen molar-refractivity contribution >= 4 is 40.2 Å². The van der Waals surface area contributed by atoms with Crippen LogP contribution in [0.4, 0.5) is 17.1 Å². The van der Waals surface area contributed by atoms with Gasteiger partial charge in [0.1, 0.15) is 11.5 Å². The minimum atomic E-state index is -0.268. The highest BCUT2D eigenvalue weighted by Crippen LogP contribution is 2.44. The third-order valence-corrected chi connectivity index (χ3v) is 9.06. The van der Waals surface area contributed by atoms with Gasteiger partial charge in [-0.3, -0.25) is 0 Å². The fourth-order valence-electron chi connectivity index (χ4n) is 6.28. The van der Waals surface area contributed by atoms with E-state index in [4.69, 9.17) is 4.74 Å². The molecule has 0 saturated heterocycles. The average Bonchev–Trinajstić information content (AvgIpc) is 2.91. The SMILES string of the molecule is [2H]c1c(C(C)(C)C)cc(C(C)(C)C)c([2H])c1N1c2cc(C(C)(C)C)ccc2B2c3cc(C(C)(C)C)ccc3Oc3cccc1c32. The second-order valence-corrected chi connectivity index (χ2v) is 16.7. The molecule has 0 saturated carbocycles. The standard InChI is InChI=1S/C40H48BNO/c1-37(2,3)25-17-19-34-31(23-25)41-30-18-16-26(38(4,5)6)24-33(30)42(32-14-13-15-35(43-34)36(32)41)29-21-27(39(7,8)9)20-28(22-29)40(10,11)12/h13-24H,1-12H3/i21D,22D. The zero-order valence-corrected chi connectivity index (χ0v) is 28.2. The molecule has 0 radical (unpaired) electrons. The van der Waals surface area contributed by atoms with Crippen LogP contribution in [0.25, 0.3) is 0 Å². The highest BCUT2D eigenvalue weighted by atomic mass is 16.5. The summed E-state index contributed by atoms with van der Waals surface area (Å²) >= 11 is 0. The summed E-state index contributed by atoms with van der Waals surface area (Å²) in [7, 11) is 0. The molecule has 0 bridgehead atoms. The lowest BCUT2D eigenvalue weighted by Crippen LogP contribution is -2.59. The van der Waals surface area contributed by atoms with Gasteiger partial charge in [-0.05, 0) is 96.7 Å². The van der Waals surface area contributed by atoms with Gasteiger partial charge in [0.05, 0.1) is 2.74 Å². The fourth-order valence-corrected chi connectivity index (χ4v) is 6.28. The quantitative estimate of drug-likeness (QED) is 0.182. The molecule has 222 valence electrons.